The molecule has 1 amide bonds. The summed E-state index contributed by atoms with van der Waals surface area (Å²) in [5.74, 6) is 6.62. The summed E-state index contributed by atoms with van der Waals surface area (Å²) >= 11 is 0. The molecule has 0 radical (unpaired) electrons. The van der Waals surface area contributed by atoms with Crippen molar-refractivity contribution in [2.75, 3.05) is 6.61 Å². The molecule has 0 saturated heterocycles. The van der Waals surface area contributed by atoms with E-state index in [4.69, 9.17) is 5.11 Å². The number of hydrogen-bond acceptors (Lipinski definition) is 2. The van der Waals surface area contributed by atoms with Crippen LogP contribution in [-0.4, -0.2) is 17.6 Å². The topological polar surface area (TPSA) is 49.3 Å². The van der Waals surface area contributed by atoms with E-state index in [0.717, 1.165) is 42.7 Å². The molecule has 1 fully saturated rings. The fourth-order valence-corrected chi connectivity index (χ4v) is 2.76. The summed E-state index contributed by atoms with van der Waals surface area (Å²) < 4.78 is 0. The van der Waals surface area contributed by atoms with Crippen molar-refractivity contribution in [2.45, 2.75) is 39.2 Å². The number of carbonyl (C=O) groups excluding carboxylic acids is 1. The standard InChI is InChI=1S/C18H23NO2/c1-14-7-9-17(10-8-14)18(21)19-13-16-5-2-4-15(12-16)6-3-11-20/h2,4-5,12,14,17,20H,7-11,13H2,1H3,(H,19,21). The average molecular weight is 285 g/mol. The van der Waals surface area contributed by atoms with Crippen LogP contribution in [0.5, 0.6) is 0 Å². The fraction of sp³-hybridized carbons (Fsp3) is 0.500. The zero-order chi connectivity index (χ0) is 15.1. The van der Waals surface area contributed by atoms with Crippen LogP contribution in [0.2, 0.25) is 0 Å². The minimum absolute atomic E-state index is 0.138. The van der Waals surface area contributed by atoms with Crippen molar-refractivity contribution < 1.29 is 9.90 Å². The summed E-state index contributed by atoms with van der Waals surface area (Å²) in [6.07, 6.45) is 4.33. The van der Waals surface area contributed by atoms with Crippen LogP contribution < -0.4 is 5.32 Å². The minimum Gasteiger partial charge on any atom is -0.384 e. The summed E-state index contributed by atoms with van der Waals surface area (Å²) in [7, 11) is 0. The summed E-state index contributed by atoms with van der Waals surface area (Å²) in [5.41, 5.74) is 1.90. The van der Waals surface area contributed by atoms with Gasteiger partial charge in [-0.2, -0.15) is 0 Å². The van der Waals surface area contributed by atoms with Gasteiger partial charge >= 0.3 is 0 Å². The fourth-order valence-electron chi connectivity index (χ4n) is 2.76. The Balaban J connectivity index is 1.86. The number of nitrogens with one attached hydrogen (secondary N) is 1. The molecule has 1 aromatic rings. The number of amides is 1. The maximum Gasteiger partial charge on any atom is 0.223 e. The first-order chi connectivity index (χ1) is 10.2. The Bertz CT molecular complexity index is 534. The van der Waals surface area contributed by atoms with Gasteiger partial charge in [-0.05, 0) is 49.3 Å². The lowest BCUT2D eigenvalue weighted by molar-refractivity contribution is -0.126. The second kappa shape index (κ2) is 7.85. The molecule has 21 heavy (non-hydrogen) atoms. The van der Waals surface area contributed by atoms with Gasteiger partial charge in [0.1, 0.15) is 6.61 Å². The van der Waals surface area contributed by atoms with Crippen molar-refractivity contribution in [1.29, 1.82) is 0 Å². The first-order valence-corrected chi connectivity index (χ1v) is 7.65. The minimum atomic E-state index is -0.138. The quantitative estimate of drug-likeness (QED) is 0.838. The number of aliphatic hydroxyl groups excluding tert-OH is 1. The normalized spacial score (nSPS) is 21.2. The van der Waals surface area contributed by atoms with E-state index >= 15 is 0 Å². The van der Waals surface area contributed by atoms with Crippen LogP contribution in [-0.2, 0) is 11.3 Å². The molecule has 0 atom stereocenters. The number of benzene rings is 1. The Morgan fingerprint density at radius 1 is 1.33 bits per heavy atom. The highest BCUT2D eigenvalue weighted by molar-refractivity contribution is 5.78. The zero-order valence-electron chi connectivity index (χ0n) is 12.6. The molecule has 2 rings (SSSR count). The first-order valence-electron chi connectivity index (χ1n) is 7.65. The molecular formula is C18H23NO2. The summed E-state index contributed by atoms with van der Waals surface area (Å²) in [6, 6.07) is 7.75. The molecular weight excluding hydrogens is 262 g/mol. The maximum absolute atomic E-state index is 12.2. The van der Waals surface area contributed by atoms with Gasteiger partial charge in [-0.15, -0.1) is 0 Å². The Morgan fingerprint density at radius 2 is 2.10 bits per heavy atom. The van der Waals surface area contributed by atoms with E-state index in [9.17, 15) is 4.79 Å². The van der Waals surface area contributed by atoms with Crippen LogP contribution in [0.15, 0.2) is 24.3 Å². The third-order valence-electron chi connectivity index (χ3n) is 4.09. The SMILES string of the molecule is CC1CCC(C(=O)NCc2cccc(C#CCO)c2)CC1. The highest BCUT2D eigenvalue weighted by atomic mass is 16.2. The molecule has 0 heterocycles. The third-order valence-corrected chi connectivity index (χ3v) is 4.09. The van der Waals surface area contributed by atoms with Crippen molar-refractivity contribution in [3.8, 4) is 11.8 Å². The lowest BCUT2D eigenvalue weighted by Crippen LogP contribution is -2.32. The number of rotatable bonds is 3. The molecule has 1 saturated carbocycles. The van der Waals surface area contributed by atoms with E-state index < -0.39 is 0 Å². The van der Waals surface area contributed by atoms with E-state index in [-0.39, 0.29) is 18.4 Å². The number of hydrogen-bond donors (Lipinski definition) is 2. The Labute approximate surface area is 126 Å². The molecule has 1 aromatic carbocycles. The van der Waals surface area contributed by atoms with Crippen LogP contribution in [0.3, 0.4) is 0 Å². The van der Waals surface area contributed by atoms with Gasteiger partial charge in [0.15, 0.2) is 0 Å². The predicted octanol–water partition coefficient (Wildman–Crippen LogP) is 2.47. The van der Waals surface area contributed by atoms with Crippen LogP contribution in [0.1, 0.15) is 43.7 Å². The highest BCUT2D eigenvalue weighted by Gasteiger charge is 2.23. The Kier molecular flexibility index (Phi) is 5.83. The lowest BCUT2D eigenvalue weighted by Gasteiger charge is -2.25. The molecule has 3 nitrogen and oxygen atoms in total. The van der Waals surface area contributed by atoms with Crippen LogP contribution in [0, 0.1) is 23.7 Å². The van der Waals surface area contributed by atoms with Gasteiger partial charge < -0.3 is 10.4 Å². The van der Waals surface area contributed by atoms with Gasteiger partial charge in [0.05, 0.1) is 0 Å². The molecule has 2 N–H and O–H groups in total. The molecule has 1 aliphatic carbocycles. The molecule has 0 spiro atoms. The zero-order valence-corrected chi connectivity index (χ0v) is 12.6. The third kappa shape index (κ3) is 4.91. The molecule has 3 heteroatoms. The molecule has 112 valence electrons. The number of carbonyl (C=O) groups is 1. The first kappa shape index (κ1) is 15.6. The highest BCUT2D eigenvalue weighted by Crippen LogP contribution is 2.28. The largest absolute Gasteiger partial charge is 0.384 e. The Hall–Kier alpha value is -1.79. The molecule has 0 aliphatic heterocycles. The maximum atomic E-state index is 12.2. The van der Waals surface area contributed by atoms with Gasteiger partial charge in [-0.25, -0.2) is 0 Å². The molecule has 0 aromatic heterocycles. The second-order valence-corrected chi connectivity index (χ2v) is 5.83. The van der Waals surface area contributed by atoms with E-state index in [0.29, 0.717) is 6.54 Å². The van der Waals surface area contributed by atoms with Crippen molar-refractivity contribution in [2.24, 2.45) is 11.8 Å². The Morgan fingerprint density at radius 3 is 2.81 bits per heavy atom. The smallest absolute Gasteiger partial charge is 0.223 e. The molecule has 1 aliphatic rings. The summed E-state index contributed by atoms with van der Waals surface area (Å²) in [6.45, 7) is 2.66. The van der Waals surface area contributed by atoms with Gasteiger partial charge in [-0.1, -0.05) is 30.9 Å². The van der Waals surface area contributed by atoms with Crippen molar-refractivity contribution in [3.05, 3.63) is 35.4 Å². The summed E-state index contributed by atoms with van der Waals surface area (Å²) in [4.78, 5) is 12.2. The predicted molar refractivity (Wildman–Crippen MR) is 83.4 cm³/mol. The van der Waals surface area contributed by atoms with Crippen LogP contribution >= 0.6 is 0 Å². The monoisotopic (exact) mass is 285 g/mol. The van der Waals surface area contributed by atoms with E-state index in [1.807, 2.05) is 24.3 Å². The van der Waals surface area contributed by atoms with Crippen LogP contribution in [0.25, 0.3) is 0 Å². The van der Waals surface area contributed by atoms with Crippen molar-refractivity contribution in [1.82, 2.24) is 5.32 Å². The van der Waals surface area contributed by atoms with E-state index in [1.165, 1.54) is 0 Å². The van der Waals surface area contributed by atoms with E-state index in [2.05, 4.69) is 24.1 Å². The number of aliphatic hydroxyl groups is 1. The van der Waals surface area contributed by atoms with Gasteiger partial charge in [0, 0.05) is 18.0 Å². The van der Waals surface area contributed by atoms with Gasteiger partial charge in [0.2, 0.25) is 5.91 Å². The van der Waals surface area contributed by atoms with Crippen LogP contribution in [0.4, 0.5) is 0 Å². The van der Waals surface area contributed by atoms with Crippen molar-refractivity contribution >= 4 is 5.91 Å². The molecule has 0 bridgehead atoms. The van der Waals surface area contributed by atoms with E-state index in [1.54, 1.807) is 0 Å². The lowest BCUT2D eigenvalue weighted by atomic mass is 9.82. The van der Waals surface area contributed by atoms with Gasteiger partial charge in [-0.3, -0.25) is 4.79 Å². The second-order valence-electron chi connectivity index (χ2n) is 5.83. The summed E-state index contributed by atoms with van der Waals surface area (Å²) in [5, 5.41) is 11.7. The van der Waals surface area contributed by atoms with Gasteiger partial charge in [0.25, 0.3) is 0 Å². The van der Waals surface area contributed by atoms with Crippen molar-refractivity contribution in [3.63, 3.8) is 0 Å². The molecule has 0 unspecified atom stereocenters. The average Bonchev–Trinajstić information content (AvgIpc) is 2.52.